The molecule has 0 saturated carbocycles. The Morgan fingerprint density at radius 2 is 1.86 bits per heavy atom. The third-order valence-electron chi connectivity index (χ3n) is 4.74. The summed E-state index contributed by atoms with van der Waals surface area (Å²) < 4.78 is 40.1. The Labute approximate surface area is 173 Å². The summed E-state index contributed by atoms with van der Waals surface area (Å²) in [6.07, 6.45) is 0. The molecule has 11 heteroatoms. The van der Waals surface area contributed by atoms with E-state index in [0.717, 1.165) is 0 Å². The minimum absolute atomic E-state index is 0.156. The number of hydrogen-bond acceptors (Lipinski definition) is 7. The number of halogens is 1. The van der Waals surface area contributed by atoms with Crippen molar-refractivity contribution in [3.8, 4) is 11.5 Å². The molecule has 29 heavy (non-hydrogen) atoms. The predicted octanol–water partition coefficient (Wildman–Crippen LogP) is 2.27. The van der Waals surface area contributed by atoms with Gasteiger partial charge in [0.2, 0.25) is 21.8 Å². The number of benzene rings is 1. The van der Waals surface area contributed by atoms with Crippen LogP contribution in [0.4, 0.5) is 0 Å². The molecule has 0 atom stereocenters. The van der Waals surface area contributed by atoms with Gasteiger partial charge >= 0.3 is 0 Å². The summed E-state index contributed by atoms with van der Waals surface area (Å²) in [5.74, 6) is 0.606. The SMILES string of the molecule is Cc1nn(Cc2nnc(-c3ccccc3Cl)o2)c(C)c1S(=O)(=O)N1CCOCC1. The van der Waals surface area contributed by atoms with Gasteiger partial charge in [0.25, 0.3) is 0 Å². The van der Waals surface area contributed by atoms with E-state index in [9.17, 15) is 8.42 Å². The van der Waals surface area contributed by atoms with Crippen LogP contribution < -0.4 is 0 Å². The van der Waals surface area contributed by atoms with Crippen LogP contribution in [0.3, 0.4) is 0 Å². The zero-order valence-electron chi connectivity index (χ0n) is 16.0. The number of nitrogens with zero attached hydrogens (tertiary/aromatic N) is 5. The lowest BCUT2D eigenvalue weighted by Gasteiger charge is -2.26. The third kappa shape index (κ3) is 3.80. The van der Waals surface area contributed by atoms with Gasteiger partial charge in [0.1, 0.15) is 11.4 Å². The molecule has 9 nitrogen and oxygen atoms in total. The fourth-order valence-electron chi connectivity index (χ4n) is 3.31. The van der Waals surface area contributed by atoms with Gasteiger partial charge in [-0.25, -0.2) is 8.42 Å². The van der Waals surface area contributed by atoms with Gasteiger partial charge in [-0.3, -0.25) is 4.68 Å². The Kier molecular flexibility index (Phi) is 5.43. The van der Waals surface area contributed by atoms with Crippen molar-refractivity contribution in [2.75, 3.05) is 26.3 Å². The zero-order valence-corrected chi connectivity index (χ0v) is 17.6. The molecule has 0 aliphatic carbocycles. The molecule has 1 aliphatic heterocycles. The number of aryl methyl sites for hydroxylation is 1. The van der Waals surface area contributed by atoms with Gasteiger partial charge in [0.15, 0.2) is 0 Å². The maximum atomic E-state index is 13.1. The van der Waals surface area contributed by atoms with Crippen LogP contribution >= 0.6 is 11.6 Å². The highest BCUT2D eigenvalue weighted by molar-refractivity contribution is 7.89. The van der Waals surface area contributed by atoms with Gasteiger partial charge in [-0.15, -0.1) is 10.2 Å². The smallest absolute Gasteiger partial charge is 0.249 e. The minimum Gasteiger partial charge on any atom is -0.419 e. The van der Waals surface area contributed by atoms with Crippen LogP contribution in [0.2, 0.25) is 5.02 Å². The van der Waals surface area contributed by atoms with E-state index in [1.807, 2.05) is 12.1 Å². The number of ether oxygens (including phenoxy) is 1. The summed E-state index contributed by atoms with van der Waals surface area (Å²) in [7, 11) is -3.65. The summed E-state index contributed by atoms with van der Waals surface area (Å²) in [4.78, 5) is 0.213. The molecule has 0 amide bonds. The van der Waals surface area contributed by atoms with Crippen LogP contribution in [-0.2, 0) is 21.3 Å². The zero-order chi connectivity index (χ0) is 20.6. The molecule has 0 bridgehead atoms. The normalized spacial score (nSPS) is 15.7. The van der Waals surface area contributed by atoms with Gasteiger partial charge < -0.3 is 9.15 Å². The van der Waals surface area contributed by atoms with Crippen molar-refractivity contribution in [1.82, 2.24) is 24.3 Å². The van der Waals surface area contributed by atoms with E-state index in [1.54, 1.807) is 30.7 Å². The van der Waals surface area contributed by atoms with Crippen molar-refractivity contribution >= 4 is 21.6 Å². The van der Waals surface area contributed by atoms with E-state index in [1.165, 1.54) is 4.31 Å². The molecule has 4 rings (SSSR count). The van der Waals surface area contributed by atoms with Crippen LogP contribution in [-0.4, -0.2) is 59.0 Å². The Balaban J connectivity index is 1.61. The quantitative estimate of drug-likeness (QED) is 0.603. The van der Waals surface area contributed by atoms with Crippen molar-refractivity contribution in [3.63, 3.8) is 0 Å². The van der Waals surface area contributed by atoms with E-state index in [4.69, 9.17) is 20.8 Å². The molecule has 1 fully saturated rings. The molecule has 0 N–H and O–H groups in total. The highest BCUT2D eigenvalue weighted by Gasteiger charge is 2.32. The number of sulfonamides is 1. The third-order valence-corrected chi connectivity index (χ3v) is 7.22. The molecular formula is C18H20ClN5O4S. The second kappa shape index (κ2) is 7.86. The lowest BCUT2D eigenvalue weighted by atomic mass is 10.2. The Morgan fingerprint density at radius 1 is 1.14 bits per heavy atom. The lowest BCUT2D eigenvalue weighted by molar-refractivity contribution is 0.0730. The number of rotatable bonds is 5. The van der Waals surface area contributed by atoms with Crippen molar-refractivity contribution in [2.24, 2.45) is 0 Å². The molecule has 2 aromatic heterocycles. The maximum absolute atomic E-state index is 13.1. The topological polar surface area (TPSA) is 103 Å². The van der Waals surface area contributed by atoms with Crippen molar-refractivity contribution in [3.05, 3.63) is 46.6 Å². The predicted molar refractivity (Wildman–Crippen MR) is 105 cm³/mol. The molecule has 0 radical (unpaired) electrons. The molecule has 1 saturated heterocycles. The van der Waals surface area contributed by atoms with E-state index in [-0.39, 0.29) is 11.4 Å². The minimum atomic E-state index is -3.65. The van der Waals surface area contributed by atoms with E-state index in [0.29, 0.717) is 60.1 Å². The highest BCUT2D eigenvalue weighted by atomic mass is 35.5. The average molecular weight is 438 g/mol. The summed E-state index contributed by atoms with van der Waals surface area (Å²) in [6, 6.07) is 7.17. The molecule has 1 aliphatic rings. The van der Waals surface area contributed by atoms with Gasteiger partial charge in [0.05, 0.1) is 35.2 Å². The Morgan fingerprint density at radius 3 is 2.59 bits per heavy atom. The van der Waals surface area contributed by atoms with E-state index < -0.39 is 10.0 Å². The molecular weight excluding hydrogens is 418 g/mol. The number of aromatic nitrogens is 4. The second-order valence-electron chi connectivity index (χ2n) is 6.65. The van der Waals surface area contributed by atoms with E-state index >= 15 is 0 Å². The molecule has 0 spiro atoms. The first-order valence-electron chi connectivity index (χ1n) is 9.07. The number of hydrogen-bond donors (Lipinski definition) is 0. The summed E-state index contributed by atoms with van der Waals surface area (Å²) in [5, 5.41) is 13.0. The maximum Gasteiger partial charge on any atom is 0.249 e. The standard InChI is InChI=1S/C18H20ClN5O4S/c1-12-17(29(25,26)23-7-9-27-10-8-23)13(2)24(22-12)11-16-20-21-18(28-16)14-5-3-4-6-15(14)19/h3-6H,7-11H2,1-2H3. The monoisotopic (exact) mass is 437 g/mol. The first-order valence-corrected chi connectivity index (χ1v) is 10.9. The second-order valence-corrected chi connectivity index (χ2v) is 8.94. The summed E-state index contributed by atoms with van der Waals surface area (Å²) >= 11 is 6.18. The lowest BCUT2D eigenvalue weighted by Crippen LogP contribution is -2.41. The molecule has 1 aromatic carbocycles. The fourth-order valence-corrected chi connectivity index (χ4v) is 5.31. The van der Waals surface area contributed by atoms with Gasteiger partial charge in [0, 0.05) is 13.1 Å². The van der Waals surface area contributed by atoms with Crippen LogP contribution in [0.15, 0.2) is 33.6 Å². The Bertz CT molecular complexity index is 1140. The first-order chi connectivity index (χ1) is 13.9. The largest absolute Gasteiger partial charge is 0.419 e. The van der Waals surface area contributed by atoms with Gasteiger partial charge in [-0.05, 0) is 26.0 Å². The molecule has 154 valence electrons. The molecule has 0 unspecified atom stereocenters. The highest BCUT2D eigenvalue weighted by Crippen LogP contribution is 2.27. The van der Waals surface area contributed by atoms with Crippen LogP contribution in [0.25, 0.3) is 11.5 Å². The van der Waals surface area contributed by atoms with Crippen LogP contribution in [0.1, 0.15) is 17.3 Å². The summed E-state index contributed by atoms with van der Waals surface area (Å²) in [6.45, 7) is 4.99. The van der Waals surface area contributed by atoms with Gasteiger partial charge in [-0.1, -0.05) is 23.7 Å². The average Bonchev–Trinajstić information content (AvgIpc) is 3.27. The van der Waals surface area contributed by atoms with Crippen molar-refractivity contribution in [1.29, 1.82) is 0 Å². The Hall–Kier alpha value is -2.27. The first kappa shape index (κ1) is 20.0. The van der Waals surface area contributed by atoms with Crippen molar-refractivity contribution in [2.45, 2.75) is 25.3 Å². The molecule has 3 aromatic rings. The molecule has 3 heterocycles. The summed E-state index contributed by atoms with van der Waals surface area (Å²) in [5.41, 5.74) is 1.59. The fraction of sp³-hybridized carbons (Fsp3) is 0.389. The number of morpholine rings is 1. The van der Waals surface area contributed by atoms with Gasteiger partial charge in [-0.2, -0.15) is 9.40 Å². The van der Waals surface area contributed by atoms with E-state index in [2.05, 4.69) is 15.3 Å². The van der Waals surface area contributed by atoms with Crippen molar-refractivity contribution < 1.29 is 17.6 Å². The van der Waals surface area contributed by atoms with Crippen LogP contribution in [0, 0.1) is 13.8 Å². The van der Waals surface area contributed by atoms with Crippen LogP contribution in [0.5, 0.6) is 0 Å².